The van der Waals surface area contributed by atoms with E-state index in [1.807, 2.05) is 20.8 Å². The molecule has 0 aromatic heterocycles. The maximum absolute atomic E-state index is 11.9. The smallest absolute Gasteiger partial charge is 0.410 e. The van der Waals surface area contributed by atoms with E-state index in [1.165, 1.54) is 5.57 Å². The molecule has 2 aliphatic heterocycles. The average Bonchev–Trinajstić information content (AvgIpc) is 2.38. The Labute approximate surface area is 114 Å². The molecule has 1 atom stereocenters. The number of rotatable bonds is 1. The molecule has 19 heavy (non-hydrogen) atoms. The molecule has 2 aliphatic rings. The van der Waals surface area contributed by atoms with E-state index < -0.39 is 5.60 Å². The number of hydrogen-bond donors (Lipinski definition) is 1. The van der Waals surface area contributed by atoms with Gasteiger partial charge in [0.25, 0.3) is 0 Å². The van der Waals surface area contributed by atoms with Gasteiger partial charge < -0.3 is 19.7 Å². The van der Waals surface area contributed by atoms with Crippen LogP contribution < -0.4 is 5.32 Å². The van der Waals surface area contributed by atoms with Gasteiger partial charge in [0.1, 0.15) is 5.60 Å². The van der Waals surface area contributed by atoms with Crippen LogP contribution >= 0.6 is 0 Å². The third-order valence-electron chi connectivity index (χ3n) is 3.24. The number of ether oxygens (including phenoxy) is 2. The molecule has 108 valence electrons. The summed E-state index contributed by atoms with van der Waals surface area (Å²) in [7, 11) is 0. The molecule has 5 heteroatoms. The molecule has 1 amide bonds. The molecule has 2 heterocycles. The van der Waals surface area contributed by atoms with E-state index in [1.54, 1.807) is 4.90 Å². The van der Waals surface area contributed by atoms with Gasteiger partial charge in [0.15, 0.2) is 0 Å². The molecule has 2 rings (SSSR count). The molecule has 1 unspecified atom stereocenters. The largest absolute Gasteiger partial charge is 0.444 e. The first kappa shape index (κ1) is 14.3. The van der Waals surface area contributed by atoms with Crippen LogP contribution in [0.1, 0.15) is 27.2 Å². The second kappa shape index (κ2) is 5.92. The minimum absolute atomic E-state index is 0.175. The van der Waals surface area contributed by atoms with Crippen LogP contribution in [0.5, 0.6) is 0 Å². The van der Waals surface area contributed by atoms with Crippen molar-refractivity contribution in [3.8, 4) is 0 Å². The van der Waals surface area contributed by atoms with Crippen LogP contribution in [0, 0.1) is 0 Å². The molecule has 1 saturated heterocycles. The maximum Gasteiger partial charge on any atom is 0.410 e. The van der Waals surface area contributed by atoms with Crippen LogP contribution in [0.4, 0.5) is 4.79 Å². The van der Waals surface area contributed by atoms with Crippen LogP contribution in [0.25, 0.3) is 0 Å². The fraction of sp³-hybridized carbons (Fsp3) is 0.786. The SMILES string of the molecule is CC(C)(C)OC(=O)N1CC=C(C2CNCCO2)CC1. The quantitative estimate of drug-likeness (QED) is 0.733. The van der Waals surface area contributed by atoms with Crippen molar-refractivity contribution in [2.45, 2.75) is 38.9 Å². The lowest BCUT2D eigenvalue weighted by Gasteiger charge is -2.33. The van der Waals surface area contributed by atoms with E-state index in [0.717, 1.165) is 26.1 Å². The molecule has 0 radical (unpaired) electrons. The van der Waals surface area contributed by atoms with Gasteiger partial charge in [-0.2, -0.15) is 0 Å². The fourth-order valence-corrected chi connectivity index (χ4v) is 2.27. The van der Waals surface area contributed by atoms with Gasteiger partial charge in [0, 0.05) is 26.2 Å². The van der Waals surface area contributed by atoms with Crippen molar-refractivity contribution < 1.29 is 14.3 Å². The summed E-state index contributed by atoms with van der Waals surface area (Å²) in [4.78, 5) is 13.7. The minimum atomic E-state index is -0.433. The maximum atomic E-state index is 11.9. The Bertz CT molecular complexity index is 354. The third-order valence-corrected chi connectivity index (χ3v) is 3.24. The second-order valence-corrected chi connectivity index (χ2v) is 6.02. The van der Waals surface area contributed by atoms with Crippen LogP contribution in [0.3, 0.4) is 0 Å². The normalized spacial score (nSPS) is 24.9. The van der Waals surface area contributed by atoms with Crippen LogP contribution in [-0.4, -0.2) is 55.5 Å². The van der Waals surface area contributed by atoms with Crippen LogP contribution in [0.2, 0.25) is 0 Å². The second-order valence-electron chi connectivity index (χ2n) is 6.02. The lowest BCUT2D eigenvalue weighted by Crippen LogP contribution is -2.43. The van der Waals surface area contributed by atoms with Crippen molar-refractivity contribution in [3.63, 3.8) is 0 Å². The fourth-order valence-electron chi connectivity index (χ4n) is 2.27. The van der Waals surface area contributed by atoms with Crippen LogP contribution in [-0.2, 0) is 9.47 Å². The summed E-state index contributed by atoms with van der Waals surface area (Å²) >= 11 is 0. The molecule has 0 spiro atoms. The number of hydrogen-bond acceptors (Lipinski definition) is 4. The predicted molar refractivity (Wildman–Crippen MR) is 73.1 cm³/mol. The number of amides is 1. The van der Waals surface area contributed by atoms with Gasteiger partial charge in [-0.25, -0.2) is 4.79 Å². The van der Waals surface area contributed by atoms with E-state index in [-0.39, 0.29) is 12.2 Å². The highest BCUT2D eigenvalue weighted by molar-refractivity contribution is 5.68. The first-order valence-electron chi connectivity index (χ1n) is 6.95. The lowest BCUT2D eigenvalue weighted by molar-refractivity contribution is 0.0230. The number of morpholine rings is 1. The molecule has 1 N–H and O–H groups in total. The number of carbonyl (C=O) groups is 1. The summed E-state index contributed by atoms with van der Waals surface area (Å²) in [6.07, 6.45) is 2.91. The molecule has 0 bridgehead atoms. The molecule has 0 aliphatic carbocycles. The molecule has 5 nitrogen and oxygen atoms in total. The van der Waals surface area contributed by atoms with E-state index in [2.05, 4.69) is 11.4 Å². The van der Waals surface area contributed by atoms with E-state index in [4.69, 9.17) is 9.47 Å². The molecule has 0 aromatic carbocycles. The highest BCUT2D eigenvalue weighted by Gasteiger charge is 2.26. The van der Waals surface area contributed by atoms with Gasteiger partial charge in [0.05, 0.1) is 12.7 Å². The summed E-state index contributed by atoms with van der Waals surface area (Å²) < 4.78 is 11.1. The predicted octanol–water partition coefficient (Wildman–Crippen LogP) is 1.54. The van der Waals surface area contributed by atoms with Crippen LogP contribution in [0.15, 0.2) is 11.6 Å². The zero-order valence-corrected chi connectivity index (χ0v) is 12.1. The Morgan fingerprint density at radius 3 is 2.84 bits per heavy atom. The topological polar surface area (TPSA) is 50.8 Å². The minimum Gasteiger partial charge on any atom is -0.444 e. The van der Waals surface area contributed by atoms with E-state index in [0.29, 0.717) is 13.1 Å². The van der Waals surface area contributed by atoms with Crippen molar-refractivity contribution >= 4 is 6.09 Å². The van der Waals surface area contributed by atoms with Gasteiger partial charge in [-0.3, -0.25) is 0 Å². The Morgan fingerprint density at radius 1 is 1.53 bits per heavy atom. The van der Waals surface area contributed by atoms with Crippen molar-refractivity contribution in [2.24, 2.45) is 0 Å². The van der Waals surface area contributed by atoms with Gasteiger partial charge in [-0.1, -0.05) is 6.08 Å². The van der Waals surface area contributed by atoms with E-state index >= 15 is 0 Å². The first-order valence-corrected chi connectivity index (χ1v) is 6.95. The Morgan fingerprint density at radius 2 is 2.32 bits per heavy atom. The molecule has 1 fully saturated rings. The number of nitrogens with zero attached hydrogens (tertiary/aromatic N) is 1. The van der Waals surface area contributed by atoms with E-state index in [9.17, 15) is 4.79 Å². The van der Waals surface area contributed by atoms with Gasteiger partial charge >= 0.3 is 6.09 Å². The number of carbonyl (C=O) groups excluding carboxylic acids is 1. The average molecular weight is 268 g/mol. The van der Waals surface area contributed by atoms with Gasteiger partial charge in [0.2, 0.25) is 0 Å². The van der Waals surface area contributed by atoms with Crippen molar-refractivity contribution in [1.82, 2.24) is 10.2 Å². The monoisotopic (exact) mass is 268 g/mol. The molecular weight excluding hydrogens is 244 g/mol. The van der Waals surface area contributed by atoms with Gasteiger partial charge in [-0.05, 0) is 32.8 Å². The summed E-state index contributed by atoms with van der Waals surface area (Å²) in [6, 6.07) is 0. The standard InChI is InChI=1S/C14H24N2O3/c1-14(2,3)19-13(17)16-7-4-11(5-8-16)12-10-15-6-9-18-12/h4,12,15H,5-10H2,1-3H3. The zero-order valence-electron chi connectivity index (χ0n) is 12.1. The summed E-state index contributed by atoms with van der Waals surface area (Å²) in [5.74, 6) is 0. The highest BCUT2D eigenvalue weighted by Crippen LogP contribution is 2.19. The van der Waals surface area contributed by atoms with Crippen molar-refractivity contribution in [3.05, 3.63) is 11.6 Å². The zero-order chi connectivity index (χ0) is 13.9. The summed E-state index contributed by atoms with van der Waals surface area (Å²) in [5.41, 5.74) is 0.865. The molecule has 0 aromatic rings. The Kier molecular flexibility index (Phi) is 4.47. The van der Waals surface area contributed by atoms with Gasteiger partial charge in [-0.15, -0.1) is 0 Å². The molecule has 0 saturated carbocycles. The summed E-state index contributed by atoms with van der Waals surface area (Å²) in [5, 5.41) is 3.33. The van der Waals surface area contributed by atoms with Crippen molar-refractivity contribution in [1.29, 1.82) is 0 Å². The first-order chi connectivity index (χ1) is 8.96. The lowest BCUT2D eigenvalue weighted by atomic mass is 10.0. The molecular formula is C14H24N2O3. The van der Waals surface area contributed by atoms with Crippen molar-refractivity contribution in [2.75, 3.05) is 32.8 Å². The Balaban J connectivity index is 1.86. The number of nitrogens with one attached hydrogen (secondary N) is 1. The highest BCUT2D eigenvalue weighted by atomic mass is 16.6. The Hall–Kier alpha value is -1.07. The summed E-state index contributed by atoms with van der Waals surface area (Å²) in [6.45, 7) is 9.54. The third kappa shape index (κ3) is 4.21.